The zero-order valence-electron chi connectivity index (χ0n) is 12.4. The first-order valence-corrected chi connectivity index (χ1v) is 7.41. The lowest BCUT2D eigenvalue weighted by Crippen LogP contribution is -2.53. The lowest BCUT2D eigenvalue weighted by molar-refractivity contribution is -0.134. The van der Waals surface area contributed by atoms with Crippen LogP contribution in [0.5, 0.6) is 0 Å². The quantitative estimate of drug-likeness (QED) is 0.856. The Labute approximate surface area is 125 Å². The number of benzene rings is 1. The Hall–Kier alpha value is -1.88. The third kappa shape index (κ3) is 4.56. The molecular formula is C16H23N3O2. The number of nitrogens with one attached hydrogen (secondary N) is 1. The summed E-state index contributed by atoms with van der Waals surface area (Å²) in [5.41, 5.74) is 7.11. The van der Waals surface area contributed by atoms with Gasteiger partial charge >= 0.3 is 0 Å². The second-order valence-electron chi connectivity index (χ2n) is 5.62. The maximum atomic E-state index is 12.4. The summed E-state index contributed by atoms with van der Waals surface area (Å²) in [4.78, 5) is 25.3. The Morgan fingerprint density at radius 2 is 2.10 bits per heavy atom. The van der Waals surface area contributed by atoms with Crippen molar-refractivity contribution in [2.45, 2.75) is 38.3 Å². The van der Waals surface area contributed by atoms with E-state index in [9.17, 15) is 9.59 Å². The number of carbonyl (C=O) groups excluding carboxylic acids is 2. The van der Waals surface area contributed by atoms with Crippen LogP contribution in [0.2, 0.25) is 0 Å². The third-order valence-electron chi connectivity index (χ3n) is 3.76. The van der Waals surface area contributed by atoms with Gasteiger partial charge in [-0.1, -0.05) is 30.3 Å². The highest BCUT2D eigenvalue weighted by atomic mass is 16.2. The molecule has 1 heterocycles. The Kier molecular flexibility index (Phi) is 5.33. The van der Waals surface area contributed by atoms with Crippen molar-refractivity contribution in [2.24, 2.45) is 5.73 Å². The average Bonchev–Trinajstić information content (AvgIpc) is 2.47. The second-order valence-corrected chi connectivity index (χ2v) is 5.62. The lowest BCUT2D eigenvalue weighted by Gasteiger charge is -2.34. The molecule has 1 saturated heterocycles. The summed E-state index contributed by atoms with van der Waals surface area (Å²) >= 11 is 0. The summed E-state index contributed by atoms with van der Waals surface area (Å²) in [6.45, 7) is 2.78. The van der Waals surface area contributed by atoms with E-state index in [1.54, 1.807) is 4.90 Å². The van der Waals surface area contributed by atoms with Crippen molar-refractivity contribution in [3.8, 4) is 0 Å². The Morgan fingerprint density at radius 1 is 1.38 bits per heavy atom. The summed E-state index contributed by atoms with van der Waals surface area (Å²) in [6.07, 6.45) is 2.35. The van der Waals surface area contributed by atoms with Gasteiger partial charge in [-0.25, -0.2) is 0 Å². The van der Waals surface area contributed by atoms with Gasteiger partial charge in [0.15, 0.2) is 0 Å². The van der Waals surface area contributed by atoms with Gasteiger partial charge in [-0.15, -0.1) is 0 Å². The molecule has 2 rings (SSSR count). The first kappa shape index (κ1) is 15.5. The number of piperidine rings is 1. The molecule has 1 aliphatic heterocycles. The van der Waals surface area contributed by atoms with Gasteiger partial charge in [0.2, 0.25) is 11.8 Å². The van der Waals surface area contributed by atoms with E-state index in [1.807, 2.05) is 30.3 Å². The van der Waals surface area contributed by atoms with Crippen LogP contribution in [0.3, 0.4) is 0 Å². The predicted octanol–water partition coefficient (Wildman–Crippen LogP) is 0.684. The topological polar surface area (TPSA) is 75.4 Å². The molecule has 114 valence electrons. The van der Waals surface area contributed by atoms with Gasteiger partial charge in [-0.3, -0.25) is 9.59 Å². The van der Waals surface area contributed by atoms with E-state index in [-0.39, 0.29) is 17.9 Å². The van der Waals surface area contributed by atoms with E-state index in [4.69, 9.17) is 5.73 Å². The molecule has 2 atom stereocenters. The number of rotatable bonds is 4. The first-order chi connectivity index (χ1) is 10.1. The van der Waals surface area contributed by atoms with Gasteiger partial charge in [-0.2, -0.15) is 0 Å². The van der Waals surface area contributed by atoms with Crippen LogP contribution in [0.15, 0.2) is 30.3 Å². The van der Waals surface area contributed by atoms with Gasteiger partial charge in [0.25, 0.3) is 0 Å². The fourth-order valence-corrected chi connectivity index (χ4v) is 2.77. The van der Waals surface area contributed by atoms with Crippen molar-refractivity contribution < 1.29 is 9.59 Å². The monoisotopic (exact) mass is 289 g/mol. The number of likely N-dealkylation sites (tertiary alicyclic amines) is 1. The van der Waals surface area contributed by atoms with Crippen molar-refractivity contribution in [3.05, 3.63) is 35.9 Å². The molecule has 3 N–H and O–H groups in total. The maximum absolute atomic E-state index is 12.4. The van der Waals surface area contributed by atoms with E-state index in [0.29, 0.717) is 13.0 Å². The molecule has 21 heavy (non-hydrogen) atoms. The summed E-state index contributed by atoms with van der Waals surface area (Å²) in [6, 6.07) is 9.31. The molecule has 2 amide bonds. The highest BCUT2D eigenvalue weighted by Gasteiger charge is 2.27. The summed E-state index contributed by atoms with van der Waals surface area (Å²) < 4.78 is 0. The molecule has 1 aromatic carbocycles. The SMILES string of the molecule is CC(=O)N[C@@H]1CCCN(C(=O)[C@@H](N)Cc2ccccc2)C1. The predicted molar refractivity (Wildman–Crippen MR) is 81.5 cm³/mol. The molecule has 1 aromatic rings. The Balaban J connectivity index is 1.91. The summed E-state index contributed by atoms with van der Waals surface area (Å²) in [5, 5.41) is 2.88. The van der Waals surface area contributed by atoms with Crippen LogP contribution in [0.4, 0.5) is 0 Å². The average molecular weight is 289 g/mol. The van der Waals surface area contributed by atoms with Crippen LogP contribution in [-0.2, 0) is 16.0 Å². The molecule has 0 aliphatic carbocycles. The number of carbonyl (C=O) groups is 2. The minimum atomic E-state index is -0.525. The first-order valence-electron chi connectivity index (χ1n) is 7.41. The number of nitrogens with two attached hydrogens (primary N) is 1. The van der Waals surface area contributed by atoms with E-state index in [0.717, 1.165) is 24.9 Å². The molecule has 0 bridgehead atoms. The Bertz CT molecular complexity index is 490. The lowest BCUT2D eigenvalue weighted by atomic mass is 10.0. The zero-order chi connectivity index (χ0) is 15.2. The third-order valence-corrected chi connectivity index (χ3v) is 3.76. The molecule has 1 fully saturated rings. The number of amides is 2. The molecule has 5 heteroatoms. The summed E-state index contributed by atoms with van der Waals surface area (Å²) in [5.74, 6) is -0.0863. The highest BCUT2D eigenvalue weighted by Crippen LogP contribution is 2.12. The molecule has 0 radical (unpaired) electrons. The van der Waals surface area contributed by atoms with Crippen molar-refractivity contribution in [3.63, 3.8) is 0 Å². The van der Waals surface area contributed by atoms with Gasteiger partial charge in [0, 0.05) is 26.1 Å². The van der Waals surface area contributed by atoms with Crippen LogP contribution < -0.4 is 11.1 Å². The molecule has 0 spiro atoms. The smallest absolute Gasteiger partial charge is 0.239 e. The number of hydrogen-bond acceptors (Lipinski definition) is 3. The minimum absolute atomic E-state index is 0.0334. The molecular weight excluding hydrogens is 266 g/mol. The van der Waals surface area contributed by atoms with Crippen molar-refractivity contribution in [1.82, 2.24) is 10.2 Å². The zero-order valence-corrected chi connectivity index (χ0v) is 12.4. The fourth-order valence-electron chi connectivity index (χ4n) is 2.77. The van der Waals surface area contributed by atoms with E-state index < -0.39 is 6.04 Å². The minimum Gasteiger partial charge on any atom is -0.352 e. The van der Waals surface area contributed by atoms with Gasteiger partial charge in [-0.05, 0) is 24.8 Å². The molecule has 1 aliphatic rings. The summed E-state index contributed by atoms with van der Waals surface area (Å²) in [7, 11) is 0. The molecule has 5 nitrogen and oxygen atoms in total. The molecule has 0 unspecified atom stereocenters. The van der Waals surface area contributed by atoms with Crippen LogP contribution >= 0.6 is 0 Å². The van der Waals surface area contributed by atoms with E-state index in [2.05, 4.69) is 5.32 Å². The number of hydrogen-bond donors (Lipinski definition) is 2. The van der Waals surface area contributed by atoms with Crippen LogP contribution in [-0.4, -0.2) is 41.9 Å². The van der Waals surface area contributed by atoms with Crippen molar-refractivity contribution in [1.29, 1.82) is 0 Å². The van der Waals surface area contributed by atoms with Crippen LogP contribution in [0.1, 0.15) is 25.3 Å². The molecule has 0 aromatic heterocycles. The van der Waals surface area contributed by atoms with Crippen molar-refractivity contribution in [2.75, 3.05) is 13.1 Å². The second kappa shape index (κ2) is 7.22. The normalized spacial score (nSPS) is 19.9. The fraction of sp³-hybridized carbons (Fsp3) is 0.500. The largest absolute Gasteiger partial charge is 0.352 e. The Morgan fingerprint density at radius 3 is 2.76 bits per heavy atom. The maximum Gasteiger partial charge on any atom is 0.239 e. The molecule has 0 saturated carbocycles. The van der Waals surface area contributed by atoms with E-state index in [1.165, 1.54) is 6.92 Å². The van der Waals surface area contributed by atoms with Crippen LogP contribution in [0.25, 0.3) is 0 Å². The van der Waals surface area contributed by atoms with Crippen molar-refractivity contribution >= 4 is 11.8 Å². The van der Waals surface area contributed by atoms with Gasteiger partial charge < -0.3 is 16.0 Å². The number of nitrogens with zero attached hydrogens (tertiary/aromatic N) is 1. The van der Waals surface area contributed by atoms with Crippen LogP contribution in [0, 0.1) is 0 Å². The highest BCUT2D eigenvalue weighted by molar-refractivity contribution is 5.82. The van der Waals surface area contributed by atoms with E-state index >= 15 is 0 Å². The standard InChI is InChI=1S/C16H23N3O2/c1-12(20)18-14-8-5-9-19(11-14)16(21)15(17)10-13-6-3-2-4-7-13/h2-4,6-7,14-15H,5,8-11,17H2,1H3,(H,18,20)/t14-,15+/m1/s1. The van der Waals surface area contributed by atoms with Gasteiger partial charge in [0.1, 0.15) is 0 Å². The van der Waals surface area contributed by atoms with Gasteiger partial charge in [0.05, 0.1) is 6.04 Å².